The van der Waals surface area contributed by atoms with Gasteiger partial charge in [-0.1, -0.05) is 12.1 Å². The maximum Gasteiger partial charge on any atom is 0.354 e. The zero-order valence-electron chi connectivity index (χ0n) is 13.3. The molecule has 2 aromatic rings. The predicted molar refractivity (Wildman–Crippen MR) is 87.5 cm³/mol. The van der Waals surface area contributed by atoms with Gasteiger partial charge in [0.05, 0.1) is 7.11 Å². The highest BCUT2D eigenvalue weighted by Gasteiger charge is 2.28. The predicted octanol–water partition coefficient (Wildman–Crippen LogP) is 2.42. The molecule has 0 bridgehead atoms. The first kappa shape index (κ1) is 16.0. The van der Waals surface area contributed by atoms with Crippen LogP contribution in [0, 0.1) is 0 Å². The summed E-state index contributed by atoms with van der Waals surface area (Å²) >= 11 is 0. The first-order chi connectivity index (χ1) is 11.6. The van der Waals surface area contributed by atoms with E-state index in [1.165, 1.54) is 17.8 Å². The highest BCUT2D eigenvalue weighted by molar-refractivity contribution is 5.96. The van der Waals surface area contributed by atoms with Crippen LogP contribution >= 0.6 is 0 Å². The third-order valence-corrected chi connectivity index (χ3v) is 4.29. The fraction of sp³-hybridized carbons (Fsp3) is 0.278. The molecule has 1 atom stereocenters. The molecule has 1 saturated heterocycles. The van der Waals surface area contributed by atoms with Crippen molar-refractivity contribution in [3.63, 3.8) is 0 Å². The number of aromatic nitrogens is 1. The van der Waals surface area contributed by atoms with E-state index >= 15 is 0 Å². The Bertz CT molecular complexity index is 758. The molecule has 0 spiro atoms. The smallest absolute Gasteiger partial charge is 0.354 e. The third-order valence-electron chi connectivity index (χ3n) is 4.29. The number of hydrogen-bond donors (Lipinski definition) is 1. The number of likely N-dealkylation sites (tertiary alicyclic amines) is 1. The number of aromatic carboxylic acids is 1. The van der Waals surface area contributed by atoms with E-state index in [2.05, 4.69) is 4.98 Å². The zero-order chi connectivity index (χ0) is 17.1. The third kappa shape index (κ3) is 3.22. The highest BCUT2D eigenvalue weighted by Crippen LogP contribution is 2.29. The van der Waals surface area contributed by atoms with Crippen molar-refractivity contribution in [1.29, 1.82) is 0 Å². The minimum absolute atomic E-state index is 0.119. The summed E-state index contributed by atoms with van der Waals surface area (Å²) in [6, 6.07) is 10.8. The van der Waals surface area contributed by atoms with Crippen molar-refractivity contribution in [2.75, 3.05) is 20.2 Å². The van der Waals surface area contributed by atoms with Crippen LogP contribution in [0.5, 0.6) is 5.75 Å². The van der Waals surface area contributed by atoms with Crippen molar-refractivity contribution in [3.8, 4) is 5.75 Å². The molecule has 0 radical (unpaired) electrons. The molecular weight excluding hydrogens is 308 g/mol. The lowest BCUT2D eigenvalue weighted by atomic mass is 9.98. The van der Waals surface area contributed by atoms with Crippen LogP contribution in [0.25, 0.3) is 0 Å². The SMILES string of the molecule is COc1ccc(C2CCN(C(=O)c3ccnc(C(=O)O)c3)C2)cc1. The standard InChI is InChI=1S/C18H18N2O4/c1-24-15-4-2-12(3-5-15)14-7-9-20(11-14)17(21)13-6-8-19-16(10-13)18(22)23/h2-6,8,10,14H,7,9,11H2,1H3,(H,22,23). The van der Waals surface area contributed by atoms with Gasteiger partial charge >= 0.3 is 5.97 Å². The number of amides is 1. The van der Waals surface area contributed by atoms with Gasteiger partial charge in [-0.2, -0.15) is 0 Å². The van der Waals surface area contributed by atoms with Crippen molar-refractivity contribution in [3.05, 3.63) is 59.4 Å². The van der Waals surface area contributed by atoms with Crippen LogP contribution in [0.15, 0.2) is 42.6 Å². The van der Waals surface area contributed by atoms with Gasteiger partial charge in [0.1, 0.15) is 11.4 Å². The van der Waals surface area contributed by atoms with Crippen LogP contribution in [0.3, 0.4) is 0 Å². The summed E-state index contributed by atoms with van der Waals surface area (Å²) in [5.41, 5.74) is 1.41. The van der Waals surface area contributed by atoms with Gasteiger partial charge in [-0.25, -0.2) is 9.78 Å². The average Bonchev–Trinajstić information content (AvgIpc) is 3.11. The Morgan fingerprint density at radius 1 is 1.25 bits per heavy atom. The van der Waals surface area contributed by atoms with Crippen LogP contribution < -0.4 is 4.74 Å². The summed E-state index contributed by atoms with van der Waals surface area (Å²) in [6.07, 6.45) is 2.24. The first-order valence-electron chi connectivity index (χ1n) is 7.71. The Kier molecular flexibility index (Phi) is 4.46. The van der Waals surface area contributed by atoms with Gasteiger partial charge in [0.2, 0.25) is 0 Å². The van der Waals surface area contributed by atoms with Gasteiger partial charge in [0.25, 0.3) is 5.91 Å². The van der Waals surface area contributed by atoms with Crippen molar-refractivity contribution < 1.29 is 19.4 Å². The van der Waals surface area contributed by atoms with Crippen molar-refractivity contribution in [2.45, 2.75) is 12.3 Å². The lowest BCUT2D eigenvalue weighted by molar-refractivity contribution is 0.0690. The topological polar surface area (TPSA) is 79.7 Å². The van der Waals surface area contributed by atoms with E-state index in [9.17, 15) is 9.59 Å². The molecule has 1 N–H and O–H groups in total. The minimum atomic E-state index is -1.14. The second kappa shape index (κ2) is 6.70. The monoisotopic (exact) mass is 326 g/mol. The molecule has 1 aliphatic heterocycles. The molecule has 1 aromatic heterocycles. The zero-order valence-corrected chi connectivity index (χ0v) is 13.3. The number of methoxy groups -OCH3 is 1. The fourth-order valence-electron chi connectivity index (χ4n) is 2.96. The van der Waals surface area contributed by atoms with Crippen LogP contribution in [0.4, 0.5) is 0 Å². The summed E-state index contributed by atoms with van der Waals surface area (Å²) in [5.74, 6) is -0.207. The van der Waals surface area contributed by atoms with Crippen molar-refractivity contribution >= 4 is 11.9 Å². The van der Waals surface area contributed by atoms with E-state index in [4.69, 9.17) is 9.84 Å². The quantitative estimate of drug-likeness (QED) is 0.933. The molecule has 6 nitrogen and oxygen atoms in total. The second-order valence-corrected chi connectivity index (χ2v) is 5.74. The number of nitrogens with zero attached hydrogens (tertiary/aromatic N) is 2. The molecule has 3 rings (SSSR count). The van der Waals surface area contributed by atoms with E-state index in [-0.39, 0.29) is 17.5 Å². The molecule has 1 aliphatic rings. The molecule has 2 heterocycles. The summed E-state index contributed by atoms with van der Waals surface area (Å²) in [7, 11) is 1.63. The van der Waals surface area contributed by atoms with Gasteiger partial charge in [0.15, 0.2) is 0 Å². The van der Waals surface area contributed by atoms with E-state index < -0.39 is 5.97 Å². The number of rotatable bonds is 4. The van der Waals surface area contributed by atoms with Crippen molar-refractivity contribution in [2.24, 2.45) is 0 Å². The number of benzene rings is 1. The van der Waals surface area contributed by atoms with E-state index in [1.54, 1.807) is 18.1 Å². The number of carboxylic acid groups (broad SMARTS) is 1. The molecule has 124 valence electrons. The molecule has 6 heteroatoms. The molecule has 1 unspecified atom stereocenters. The summed E-state index contributed by atoms with van der Waals surface area (Å²) < 4.78 is 5.16. The number of carbonyl (C=O) groups is 2. The number of carbonyl (C=O) groups excluding carboxylic acids is 1. The summed E-state index contributed by atoms with van der Waals surface area (Å²) in [4.78, 5) is 29.1. The maximum absolute atomic E-state index is 12.6. The van der Waals surface area contributed by atoms with Gasteiger partial charge < -0.3 is 14.7 Å². The van der Waals surface area contributed by atoms with Crippen LogP contribution in [-0.2, 0) is 0 Å². The molecule has 0 aliphatic carbocycles. The van der Waals surface area contributed by atoms with Crippen LogP contribution in [0.1, 0.15) is 38.7 Å². The number of pyridine rings is 1. The number of carboxylic acids is 1. The number of ether oxygens (including phenoxy) is 1. The first-order valence-corrected chi connectivity index (χ1v) is 7.71. The van der Waals surface area contributed by atoms with E-state index in [0.717, 1.165) is 12.2 Å². The van der Waals surface area contributed by atoms with Crippen LogP contribution in [-0.4, -0.2) is 47.1 Å². The normalized spacial score (nSPS) is 16.9. The molecule has 24 heavy (non-hydrogen) atoms. The number of hydrogen-bond acceptors (Lipinski definition) is 4. The Morgan fingerprint density at radius 2 is 2.00 bits per heavy atom. The minimum Gasteiger partial charge on any atom is -0.497 e. The summed E-state index contributed by atoms with van der Waals surface area (Å²) in [6.45, 7) is 1.27. The molecule has 1 aromatic carbocycles. The van der Waals surface area contributed by atoms with Crippen LogP contribution in [0.2, 0.25) is 0 Å². The second-order valence-electron chi connectivity index (χ2n) is 5.74. The molecule has 0 saturated carbocycles. The largest absolute Gasteiger partial charge is 0.497 e. The van der Waals surface area contributed by atoms with Gasteiger partial charge in [-0.3, -0.25) is 4.79 Å². The molecular formula is C18H18N2O4. The summed E-state index contributed by atoms with van der Waals surface area (Å²) in [5, 5.41) is 8.99. The maximum atomic E-state index is 12.6. The van der Waals surface area contributed by atoms with Crippen molar-refractivity contribution in [1.82, 2.24) is 9.88 Å². The molecule has 1 amide bonds. The Labute approximate surface area is 139 Å². The lowest BCUT2D eigenvalue weighted by Crippen LogP contribution is -2.28. The van der Waals surface area contributed by atoms with Gasteiger partial charge in [0, 0.05) is 30.8 Å². The van der Waals surface area contributed by atoms with E-state index in [0.29, 0.717) is 18.7 Å². The van der Waals surface area contributed by atoms with Gasteiger partial charge in [-0.15, -0.1) is 0 Å². The van der Waals surface area contributed by atoms with E-state index in [1.807, 2.05) is 24.3 Å². The lowest BCUT2D eigenvalue weighted by Gasteiger charge is -2.17. The fourth-order valence-corrected chi connectivity index (χ4v) is 2.96. The van der Waals surface area contributed by atoms with Gasteiger partial charge in [-0.05, 0) is 36.2 Å². The average molecular weight is 326 g/mol. The molecule has 1 fully saturated rings. The Morgan fingerprint density at radius 3 is 2.67 bits per heavy atom. The highest BCUT2D eigenvalue weighted by atomic mass is 16.5. The Balaban J connectivity index is 1.71. The Hall–Kier alpha value is -2.89.